The molecule has 0 atom stereocenters. The van der Waals surface area contributed by atoms with Gasteiger partial charge in [-0.25, -0.2) is 8.42 Å². The Balaban J connectivity index is 2.23. The summed E-state index contributed by atoms with van der Waals surface area (Å²) in [6.45, 7) is 3.79. The number of rotatable bonds is 4. The van der Waals surface area contributed by atoms with E-state index < -0.39 is 10.0 Å². The van der Waals surface area contributed by atoms with Gasteiger partial charge in [0.25, 0.3) is 5.91 Å². The quantitative estimate of drug-likeness (QED) is 0.830. The van der Waals surface area contributed by atoms with Crippen LogP contribution in [0.3, 0.4) is 0 Å². The molecule has 2 rings (SSSR count). The number of ether oxygens (including phenoxy) is 1. The number of hydrogen-bond acceptors (Lipinski definition) is 4. The average Bonchev–Trinajstić information content (AvgIpc) is 2.54. The zero-order chi connectivity index (χ0) is 15.5. The standard InChI is InChI=1S/C14H20N2O4S/c1-3-21(18,19)15(2)13-6-4-5-12(11-13)14(17)16-7-9-20-10-8-16/h4-6,11H,3,7-10H2,1-2H3. The summed E-state index contributed by atoms with van der Waals surface area (Å²) in [5.74, 6) is -0.0760. The van der Waals surface area contributed by atoms with Crippen molar-refractivity contribution in [3.05, 3.63) is 29.8 Å². The van der Waals surface area contributed by atoms with Crippen LogP contribution in [-0.2, 0) is 14.8 Å². The summed E-state index contributed by atoms with van der Waals surface area (Å²) in [6, 6.07) is 6.70. The molecular formula is C14H20N2O4S. The maximum atomic E-state index is 12.4. The SMILES string of the molecule is CCS(=O)(=O)N(C)c1cccc(C(=O)N2CCOCC2)c1. The molecule has 0 spiro atoms. The van der Waals surface area contributed by atoms with Crippen LogP contribution in [0.15, 0.2) is 24.3 Å². The maximum absolute atomic E-state index is 12.4. The van der Waals surface area contributed by atoms with Crippen LogP contribution in [0.5, 0.6) is 0 Å². The van der Waals surface area contributed by atoms with E-state index >= 15 is 0 Å². The average molecular weight is 312 g/mol. The van der Waals surface area contributed by atoms with Crippen molar-refractivity contribution in [3.63, 3.8) is 0 Å². The molecule has 6 nitrogen and oxygen atoms in total. The smallest absolute Gasteiger partial charge is 0.254 e. The molecular weight excluding hydrogens is 292 g/mol. The fourth-order valence-corrected chi connectivity index (χ4v) is 2.96. The van der Waals surface area contributed by atoms with Gasteiger partial charge in [-0.2, -0.15) is 0 Å². The number of amides is 1. The van der Waals surface area contributed by atoms with Crippen molar-refractivity contribution in [1.82, 2.24) is 4.90 Å². The van der Waals surface area contributed by atoms with Gasteiger partial charge in [0, 0.05) is 25.7 Å². The molecule has 7 heteroatoms. The van der Waals surface area contributed by atoms with Crippen molar-refractivity contribution in [2.24, 2.45) is 0 Å². The summed E-state index contributed by atoms with van der Waals surface area (Å²) < 4.78 is 30.2. The number of carbonyl (C=O) groups is 1. The van der Waals surface area contributed by atoms with Gasteiger partial charge in [0.1, 0.15) is 0 Å². The van der Waals surface area contributed by atoms with E-state index in [1.165, 1.54) is 11.4 Å². The van der Waals surface area contributed by atoms with Gasteiger partial charge in [-0.05, 0) is 25.1 Å². The summed E-state index contributed by atoms with van der Waals surface area (Å²) in [4.78, 5) is 14.1. The van der Waals surface area contributed by atoms with Gasteiger partial charge < -0.3 is 9.64 Å². The van der Waals surface area contributed by atoms with Crippen LogP contribution in [-0.4, -0.2) is 58.3 Å². The molecule has 1 fully saturated rings. The van der Waals surface area contributed by atoms with E-state index in [1.54, 1.807) is 36.1 Å². The fourth-order valence-electron chi connectivity index (χ4n) is 2.14. The van der Waals surface area contributed by atoms with Crippen molar-refractivity contribution in [1.29, 1.82) is 0 Å². The van der Waals surface area contributed by atoms with Crippen molar-refractivity contribution in [2.75, 3.05) is 43.4 Å². The van der Waals surface area contributed by atoms with E-state index in [4.69, 9.17) is 4.74 Å². The lowest BCUT2D eigenvalue weighted by molar-refractivity contribution is 0.0303. The first-order valence-corrected chi connectivity index (χ1v) is 8.50. The Morgan fingerprint density at radius 1 is 1.33 bits per heavy atom. The predicted octanol–water partition coefficient (Wildman–Crippen LogP) is 0.945. The first-order chi connectivity index (χ1) is 9.95. The lowest BCUT2D eigenvalue weighted by Crippen LogP contribution is -2.40. The van der Waals surface area contributed by atoms with Crippen LogP contribution in [0, 0.1) is 0 Å². The Morgan fingerprint density at radius 2 is 2.00 bits per heavy atom. The largest absolute Gasteiger partial charge is 0.378 e. The van der Waals surface area contributed by atoms with Gasteiger partial charge in [-0.15, -0.1) is 0 Å². The predicted molar refractivity (Wildman–Crippen MR) is 81.0 cm³/mol. The minimum absolute atomic E-state index is 0.0190. The molecule has 0 aliphatic carbocycles. The van der Waals surface area contributed by atoms with Gasteiger partial charge in [-0.1, -0.05) is 6.07 Å². The second-order valence-electron chi connectivity index (χ2n) is 4.82. The zero-order valence-corrected chi connectivity index (χ0v) is 13.1. The minimum atomic E-state index is -3.33. The Morgan fingerprint density at radius 3 is 2.62 bits per heavy atom. The highest BCUT2D eigenvalue weighted by Crippen LogP contribution is 2.19. The molecule has 0 bridgehead atoms. The number of carbonyl (C=O) groups excluding carboxylic acids is 1. The fraction of sp³-hybridized carbons (Fsp3) is 0.500. The first kappa shape index (κ1) is 15.8. The van der Waals surface area contributed by atoms with Crippen LogP contribution in [0.2, 0.25) is 0 Å². The molecule has 21 heavy (non-hydrogen) atoms. The molecule has 0 saturated carbocycles. The van der Waals surface area contributed by atoms with E-state index in [-0.39, 0.29) is 11.7 Å². The molecule has 0 unspecified atom stereocenters. The zero-order valence-electron chi connectivity index (χ0n) is 12.3. The minimum Gasteiger partial charge on any atom is -0.378 e. The van der Waals surface area contributed by atoms with Gasteiger partial charge in [0.2, 0.25) is 10.0 Å². The van der Waals surface area contributed by atoms with Crippen LogP contribution in [0.4, 0.5) is 5.69 Å². The number of hydrogen-bond donors (Lipinski definition) is 0. The molecule has 1 aromatic rings. The van der Waals surface area contributed by atoms with Crippen molar-refractivity contribution in [3.8, 4) is 0 Å². The van der Waals surface area contributed by atoms with Crippen molar-refractivity contribution < 1.29 is 17.9 Å². The number of sulfonamides is 1. The molecule has 0 radical (unpaired) electrons. The molecule has 1 heterocycles. The Bertz CT molecular complexity index is 609. The molecule has 116 valence electrons. The number of benzene rings is 1. The molecule has 0 N–H and O–H groups in total. The van der Waals surface area contributed by atoms with Crippen molar-refractivity contribution >= 4 is 21.6 Å². The van der Waals surface area contributed by atoms with E-state index in [9.17, 15) is 13.2 Å². The van der Waals surface area contributed by atoms with Crippen LogP contribution >= 0.6 is 0 Å². The van der Waals surface area contributed by atoms with Crippen LogP contribution in [0.25, 0.3) is 0 Å². The van der Waals surface area contributed by atoms with Crippen molar-refractivity contribution in [2.45, 2.75) is 6.92 Å². The molecule has 1 aliphatic rings. The molecule has 1 saturated heterocycles. The maximum Gasteiger partial charge on any atom is 0.254 e. The summed E-state index contributed by atoms with van der Waals surface area (Å²) in [6.07, 6.45) is 0. The highest BCUT2D eigenvalue weighted by molar-refractivity contribution is 7.92. The normalized spacial score (nSPS) is 15.8. The monoisotopic (exact) mass is 312 g/mol. The Kier molecular flexibility index (Phi) is 4.84. The number of anilines is 1. The van der Waals surface area contributed by atoms with Gasteiger partial charge in [0.05, 0.1) is 24.7 Å². The second-order valence-corrected chi connectivity index (χ2v) is 7.11. The van der Waals surface area contributed by atoms with E-state index in [2.05, 4.69) is 0 Å². The van der Waals surface area contributed by atoms with Crippen LogP contribution in [0.1, 0.15) is 17.3 Å². The Hall–Kier alpha value is -1.60. The first-order valence-electron chi connectivity index (χ1n) is 6.89. The third kappa shape index (κ3) is 3.54. The summed E-state index contributed by atoms with van der Waals surface area (Å²) >= 11 is 0. The topological polar surface area (TPSA) is 66.9 Å². The van der Waals surface area contributed by atoms with Gasteiger partial charge >= 0.3 is 0 Å². The van der Waals surface area contributed by atoms with Crippen LogP contribution < -0.4 is 4.31 Å². The molecule has 1 amide bonds. The number of nitrogens with zero attached hydrogens (tertiary/aromatic N) is 2. The Labute approximate surface area is 125 Å². The van der Waals surface area contributed by atoms with Gasteiger partial charge in [0.15, 0.2) is 0 Å². The summed E-state index contributed by atoms with van der Waals surface area (Å²) in [5, 5.41) is 0. The third-order valence-electron chi connectivity index (χ3n) is 3.54. The molecule has 0 aromatic heterocycles. The highest BCUT2D eigenvalue weighted by atomic mass is 32.2. The second kappa shape index (κ2) is 6.44. The molecule has 1 aliphatic heterocycles. The summed E-state index contributed by atoms with van der Waals surface area (Å²) in [5.41, 5.74) is 0.989. The molecule has 1 aromatic carbocycles. The van der Waals surface area contributed by atoms with E-state index in [0.29, 0.717) is 37.6 Å². The highest BCUT2D eigenvalue weighted by Gasteiger charge is 2.21. The lowest BCUT2D eigenvalue weighted by Gasteiger charge is -2.27. The summed E-state index contributed by atoms with van der Waals surface area (Å²) in [7, 11) is -1.83. The van der Waals surface area contributed by atoms with E-state index in [1.807, 2.05) is 0 Å². The third-order valence-corrected chi connectivity index (χ3v) is 5.31. The van der Waals surface area contributed by atoms with E-state index in [0.717, 1.165) is 0 Å². The van der Waals surface area contributed by atoms with Gasteiger partial charge in [-0.3, -0.25) is 9.10 Å². The number of morpholine rings is 1. The lowest BCUT2D eigenvalue weighted by atomic mass is 10.1.